The Labute approximate surface area is 274 Å². The van der Waals surface area contributed by atoms with Gasteiger partial charge in [-0.05, 0) is 73.9 Å². The molecule has 11 heteroatoms. The molecular weight excluding hydrogens is 623 g/mol. The maximum atomic E-state index is 14.2. The van der Waals surface area contributed by atoms with E-state index in [0.29, 0.717) is 16.7 Å². The minimum absolute atomic E-state index is 0.184. The highest BCUT2D eigenvalue weighted by atomic mass is 31.2. The van der Waals surface area contributed by atoms with E-state index in [9.17, 15) is 18.9 Å². The monoisotopic (exact) mass is 662 g/mol. The molecule has 0 saturated carbocycles. The lowest BCUT2D eigenvalue weighted by molar-refractivity contribution is -0.132. The Morgan fingerprint density at radius 1 is 0.511 bits per heavy atom. The van der Waals surface area contributed by atoms with Gasteiger partial charge in [-0.3, -0.25) is 0 Å². The van der Waals surface area contributed by atoms with Crippen molar-refractivity contribution in [1.82, 2.24) is 0 Å². The van der Waals surface area contributed by atoms with Crippen LogP contribution in [0.25, 0.3) is 0 Å². The molecule has 0 fully saturated rings. The molecule has 3 rings (SSSR count). The second kappa shape index (κ2) is 16.0. The largest absolute Gasteiger partial charge is 0.647 e. The van der Waals surface area contributed by atoms with E-state index in [2.05, 4.69) is 0 Å². The number of phosphoric acid groups is 1. The van der Waals surface area contributed by atoms with Crippen LogP contribution in [-0.4, -0.2) is 33.2 Å². The van der Waals surface area contributed by atoms with Crippen LogP contribution in [0.15, 0.2) is 108 Å². The Morgan fingerprint density at radius 3 is 0.915 bits per heavy atom. The maximum absolute atomic E-state index is 14.2. The fraction of sp³-hybridized carbons (Fsp3) is 0.250. The third kappa shape index (κ3) is 10.8. The van der Waals surface area contributed by atoms with Crippen molar-refractivity contribution in [2.45, 2.75) is 59.3 Å². The van der Waals surface area contributed by atoms with Crippen molar-refractivity contribution >= 4 is 25.7 Å². The van der Waals surface area contributed by atoms with E-state index in [1.807, 2.05) is 20.8 Å². The maximum Gasteiger partial charge on any atom is 0.647 e. The predicted octanol–water partition coefficient (Wildman–Crippen LogP) is 8.73. The quantitative estimate of drug-likeness (QED) is 0.106. The molecule has 0 radical (unpaired) electrons. The van der Waals surface area contributed by atoms with Crippen LogP contribution in [0.3, 0.4) is 0 Å². The zero-order valence-corrected chi connectivity index (χ0v) is 27.9. The normalized spacial score (nSPS) is 15.5. The van der Waals surface area contributed by atoms with E-state index in [1.54, 1.807) is 93.6 Å². The van der Waals surface area contributed by atoms with Gasteiger partial charge in [-0.2, -0.15) is 4.57 Å². The fourth-order valence-electron chi connectivity index (χ4n) is 4.64. The number of aliphatic carboxylic acids is 3. The van der Waals surface area contributed by atoms with Gasteiger partial charge in [0.05, 0.1) is 0 Å². The van der Waals surface area contributed by atoms with E-state index in [1.165, 1.54) is 0 Å². The smallest absolute Gasteiger partial charge is 0.478 e. The number of hydrogen-bond acceptors (Lipinski definition) is 7. The molecule has 0 heterocycles. The Hall–Kier alpha value is -5.08. The van der Waals surface area contributed by atoms with E-state index < -0.39 is 25.7 Å². The summed E-state index contributed by atoms with van der Waals surface area (Å²) in [4.78, 5) is 33.3. The second-order valence-corrected chi connectivity index (χ2v) is 12.7. The van der Waals surface area contributed by atoms with Crippen LogP contribution in [-0.2, 0) is 18.9 Å². The Bertz CT molecular complexity index is 1520. The van der Waals surface area contributed by atoms with Gasteiger partial charge >= 0.3 is 25.7 Å². The number of hydrogen-bond donors (Lipinski definition) is 3. The summed E-state index contributed by atoms with van der Waals surface area (Å²) < 4.78 is 31.7. The summed E-state index contributed by atoms with van der Waals surface area (Å²) in [6, 6.07) is 19.9. The van der Waals surface area contributed by atoms with Crippen LogP contribution in [0, 0.1) is 0 Å². The standard InChI is InChI=1S/C36H39O10P/c1-22(19-34(37)38)25(4)28-7-13-31(14-8-28)44-47(43,45-32-15-9-29(10-16-32)26(5)23(2)20-35(39)40)46-33-17-11-30(12-18-33)27(6)24(3)21-36(41)42/h7-21,25-27H,1-6H3,(H,37,38)(H,39,40)(H,41,42)/b22-19+,23-20+,24-21+. The number of carboxylic acids is 3. The van der Waals surface area contributed by atoms with Gasteiger partial charge in [0.1, 0.15) is 17.2 Å². The number of rotatable bonds is 15. The molecular formula is C36H39O10P. The third-order valence-electron chi connectivity index (χ3n) is 7.89. The van der Waals surface area contributed by atoms with Crippen LogP contribution in [0.5, 0.6) is 17.2 Å². The molecule has 0 aliphatic heterocycles. The number of carboxylic acid groups (broad SMARTS) is 3. The van der Waals surface area contributed by atoms with Gasteiger partial charge < -0.3 is 28.9 Å². The minimum atomic E-state index is -4.38. The van der Waals surface area contributed by atoms with E-state index in [0.717, 1.165) is 34.9 Å². The van der Waals surface area contributed by atoms with Crippen LogP contribution in [0.1, 0.15) is 76.0 Å². The van der Waals surface area contributed by atoms with E-state index in [-0.39, 0.29) is 35.0 Å². The molecule has 3 N–H and O–H groups in total. The second-order valence-electron chi connectivity index (χ2n) is 11.3. The zero-order valence-electron chi connectivity index (χ0n) is 27.0. The highest BCUT2D eigenvalue weighted by Gasteiger charge is 2.33. The highest BCUT2D eigenvalue weighted by molar-refractivity contribution is 7.49. The molecule has 0 saturated heterocycles. The SMILES string of the molecule is C/C(=C\C(=O)O)C(C)c1ccc(OP(=O)(Oc2ccc(C(C)/C(C)=C/C(=O)O)cc2)Oc2ccc(C(C)/C(C)=C/C(=O)O)cc2)cc1. The average Bonchev–Trinajstić information content (AvgIpc) is 3.00. The lowest BCUT2D eigenvalue weighted by Gasteiger charge is -2.21. The van der Waals surface area contributed by atoms with Gasteiger partial charge in [0.15, 0.2) is 0 Å². The highest BCUT2D eigenvalue weighted by Crippen LogP contribution is 2.50. The molecule has 47 heavy (non-hydrogen) atoms. The molecule has 0 aromatic heterocycles. The summed E-state index contributed by atoms with van der Waals surface area (Å²) in [7, 11) is -4.38. The number of allylic oxidation sites excluding steroid dienone is 3. The van der Waals surface area contributed by atoms with Gasteiger partial charge in [-0.1, -0.05) is 73.9 Å². The lowest BCUT2D eigenvalue weighted by atomic mass is 9.94. The van der Waals surface area contributed by atoms with Gasteiger partial charge in [0.2, 0.25) is 0 Å². The van der Waals surface area contributed by atoms with Crippen molar-refractivity contribution < 1.29 is 47.8 Å². The summed E-state index contributed by atoms with van der Waals surface area (Å²) in [6.45, 7) is 10.8. The van der Waals surface area contributed by atoms with Crippen molar-refractivity contribution in [2.24, 2.45) is 0 Å². The molecule has 0 bridgehead atoms. The molecule has 248 valence electrons. The average molecular weight is 663 g/mol. The van der Waals surface area contributed by atoms with Crippen LogP contribution < -0.4 is 13.6 Å². The minimum Gasteiger partial charge on any atom is -0.478 e. The first-order chi connectivity index (χ1) is 22.1. The van der Waals surface area contributed by atoms with Crippen LogP contribution in [0.2, 0.25) is 0 Å². The fourth-order valence-corrected chi connectivity index (χ4v) is 5.89. The van der Waals surface area contributed by atoms with Gasteiger partial charge in [0, 0.05) is 36.0 Å². The molecule has 0 spiro atoms. The van der Waals surface area contributed by atoms with Gasteiger partial charge in [-0.15, -0.1) is 0 Å². The molecule has 0 aliphatic rings. The molecule has 3 aromatic carbocycles. The topological polar surface area (TPSA) is 157 Å². The van der Waals surface area contributed by atoms with Crippen molar-refractivity contribution in [1.29, 1.82) is 0 Å². The van der Waals surface area contributed by atoms with Crippen molar-refractivity contribution in [3.63, 3.8) is 0 Å². The number of carbonyl (C=O) groups is 3. The van der Waals surface area contributed by atoms with Gasteiger partial charge in [-0.25, -0.2) is 14.4 Å². The summed E-state index contributed by atoms with van der Waals surface area (Å²) in [5.74, 6) is -3.12. The van der Waals surface area contributed by atoms with Crippen molar-refractivity contribution in [3.8, 4) is 17.2 Å². The Balaban J connectivity index is 1.91. The molecule has 3 atom stereocenters. The van der Waals surface area contributed by atoms with E-state index >= 15 is 0 Å². The Kier molecular flexibility index (Phi) is 12.4. The Morgan fingerprint density at radius 2 is 0.723 bits per heavy atom. The summed E-state index contributed by atoms with van der Waals surface area (Å²) in [5, 5.41) is 27.3. The first-order valence-electron chi connectivity index (χ1n) is 14.8. The summed E-state index contributed by atoms with van der Waals surface area (Å²) >= 11 is 0. The summed E-state index contributed by atoms with van der Waals surface area (Å²) in [6.07, 6.45) is 3.45. The number of benzene rings is 3. The lowest BCUT2D eigenvalue weighted by Crippen LogP contribution is -2.08. The van der Waals surface area contributed by atoms with Gasteiger partial charge in [0.25, 0.3) is 0 Å². The predicted molar refractivity (Wildman–Crippen MR) is 178 cm³/mol. The molecule has 10 nitrogen and oxygen atoms in total. The van der Waals surface area contributed by atoms with E-state index in [4.69, 9.17) is 28.9 Å². The zero-order chi connectivity index (χ0) is 34.9. The first kappa shape index (κ1) is 36.4. The molecule has 3 aromatic rings. The van der Waals surface area contributed by atoms with Crippen molar-refractivity contribution in [3.05, 3.63) is 124 Å². The summed E-state index contributed by atoms with van der Waals surface area (Å²) in [5.41, 5.74) is 4.41. The van der Waals surface area contributed by atoms with Crippen LogP contribution >= 0.6 is 7.82 Å². The molecule has 0 amide bonds. The molecule has 0 aliphatic carbocycles. The third-order valence-corrected chi connectivity index (χ3v) is 9.20. The van der Waals surface area contributed by atoms with Crippen molar-refractivity contribution in [2.75, 3.05) is 0 Å². The van der Waals surface area contributed by atoms with Crippen LogP contribution in [0.4, 0.5) is 0 Å². The molecule has 3 unspecified atom stereocenters. The first-order valence-corrected chi connectivity index (χ1v) is 16.2. The number of phosphoric ester groups is 1.